The molecule has 3 aliphatic rings. The van der Waals surface area contributed by atoms with Gasteiger partial charge in [-0.2, -0.15) is 5.53 Å². The minimum atomic E-state index is 0.797. The van der Waals surface area contributed by atoms with Crippen LogP contribution in [0.3, 0.4) is 0 Å². The van der Waals surface area contributed by atoms with Crippen LogP contribution < -0.4 is 11.0 Å². The van der Waals surface area contributed by atoms with Gasteiger partial charge >= 0.3 is 0 Å². The van der Waals surface area contributed by atoms with E-state index in [4.69, 9.17) is 0 Å². The van der Waals surface area contributed by atoms with Gasteiger partial charge in [-0.05, 0) is 24.7 Å². The fraction of sp³-hybridized carbons (Fsp3) is 1.00. The lowest BCUT2D eigenvalue weighted by Crippen LogP contribution is -2.48. The van der Waals surface area contributed by atoms with Crippen LogP contribution in [0.1, 0.15) is 25.7 Å². The Kier molecular flexibility index (Phi) is 1.63. The fourth-order valence-corrected chi connectivity index (χ4v) is 3.28. The Hall–Kier alpha value is -0.120. The molecule has 12 heavy (non-hydrogen) atoms. The number of hydrazine groups is 2. The van der Waals surface area contributed by atoms with Gasteiger partial charge in [0.25, 0.3) is 0 Å². The Balaban J connectivity index is 1.81. The lowest BCUT2D eigenvalue weighted by molar-refractivity contribution is 0.0652. The summed E-state index contributed by atoms with van der Waals surface area (Å²) >= 11 is 0. The van der Waals surface area contributed by atoms with Gasteiger partial charge in [0.05, 0.1) is 0 Å². The molecule has 0 bridgehead atoms. The Morgan fingerprint density at radius 1 is 1.17 bits per heavy atom. The highest BCUT2D eigenvalue weighted by atomic mass is 15.7. The first-order valence-corrected chi connectivity index (χ1v) is 5.20. The van der Waals surface area contributed by atoms with Crippen molar-refractivity contribution < 1.29 is 0 Å². The summed E-state index contributed by atoms with van der Waals surface area (Å²) in [5.74, 6) is 2.04. The molecule has 0 aromatic carbocycles. The third kappa shape index (κ3) is 0.934. The van der Waals surface area contributed by atoms with Crippen molar-refractivity contribution in [1.29, 1.82) is 0 Å². The van der Waals surface area contributed by atoms with E-state index in [9.17, 15) is 0 Å². The normalized spacial score (nSPS) is 47.5. The van der Waals surface area contributed by atoms with Gasteiger partial charge in [-0.1, -0.05) is 12.8 Å². The van der Waals surface area contributed by atoms with Crippen molar-refractivity contribution >= 4 is 0 Å². The average molecular weight is 167 g/mol. The summed E-state index contributed by atoms with van der Waals surface area (Å²) in [6.07, 6.45) is 5.85. The molecule has 0 amide bonds. The first-order valence-electron chi connectivity index (χ1n) is 5.20. The van der Waals surface area contributed by atoms with E-state index in [1.54, 1.807) is 0 Å². The second-order valence-corrected chi connectivity index (χ2v) is 4.40. The standard InChI is InChI=1S/C9H17N3/c1-2-7-4-5-12-9(6-10-11-12)8(7)3-1/h7-11H,1-6H2. The summed E-state index contributed by atoms with van der Waals surface area (Å²) in [6, 6.07) is 0.797. The number of piperidine rings is 1. The molecule has 3 rings (SSSR count). The van der Waals surface area contributed by atoms with E-state index in [0.717, 1.165) is 24.4 Å². The molecule has 3 heteroatoms. The minimum absolute atomic E-state index is 0.797. The van der Waals surface area contributed by atoms with Gasteiger partial charge in [-0.15, -0.1) is 0 Å². The highest BCUT2D eigenvalue weighted by Crippen LogP contribution is 2.41. The fourth-order valence-electron chi connectivity index (χ4n) is 3.28. The zero-order valence-electron chi connectivity index (χ0n) is 7.42. The molecule has 0 aromatic rings. The summed E-state index contributed by atoms with van der Waals surface area (Å²) in [7, 11) is 0. The third-order valence-electron chi connectivity index (χ3n) is 3.89. The van der Waals surface area contributed by atoms with Crippen molar-refractivity contribution in [2.75, 3.05) is 13.1 Å². The highest BCUT2D eigenvalue weighted by Gasteiger charge is 2.42. The molecular formula is C9H17N3. The van der Waals surface area contributed by atoms with E-state index in [0.29, 0.717) is 0 Å². The van der Waals surface area contributed by atoms with Crippen LogP contribution in [-0.4, -0.2) is 24.1 Å². The molecule has 3 atom stereocenters. The molecule has 3 unspecified atom stereocenters. The van der Waals surface area contributed by atoms with Crippen molar-refractivity contribution in [2.24, 2.45) is 11.8 Å². The van der Waals surface area contributed by atoms with E-state index in [2.05, 4.69) is 16.0 Å². The van der Waals surface area contributed by atoms with Crippen molar-refractivity contribution in [3.05, 3.63) is 0 Å². The summed E-state index contributed by atoms with van der Waals surface area (Å²) < 4.78 is 0. The van der Waals surface area contributed by atoms with Crippen molar-refractivity contribution in [3.8, 4) is 0 Å². The van der Waals surface area contributed by atoms with Crippen LogP contribution in [0.15, 0.2) is 0 Å². The Labute approximate surface area is 73.4 Å². The molecule has 3 fully saturated rings. The van der Waals surface area contributed by atoms with Crippen LogP contribution in [0.2, 0.25) is 0 Å². The van der Waals surface area contributed by atoms with Crippen LogP contribution in [0.4, 0.5) is 0 Å². The van der Waals surface area contributed by atoms with Gasteiger partial charge in [0.15, 0.2) is 0 Å². The second kappa shape index (κ2) is 2.69. The van der Waals surface area contributed by atoms with Gasteiger partial charge in [-0.3, -0.25) is 0 Å². The molecule has 68 valence electrons. The Bertz CT molecular complexity index is 163. The van der Waals surface area contributed by atoms with Crippen molar-refractivity contribution in [2.45, 2.75) is 31.7 Å². The van der Waals surface area contributed by atoms with E-state index >= 15 is 0 Å². The molecule has 2 N–H and O–H groups in total. The van der Waals surface area contributed by atoms with Gasteiger partial charge in [0.1, 0.15) is 0 Å². The topological polar surface area (TPSA) is 27.3 Å². The SMILES string of the molecule is C1CC2CCN3NNCC3C2C1. The van der Waals surface area contributed by atoms with Crippen LogP contribution in [0.25, 0.3) is 0 Å². The van der Waals surface area contributed by atoms with E-state index < -0.39 is 0 Å². The predicted octanol–water partition coefficient (Wildman–Crippen LogP) is 0.500. The van der Waals surface area contributed by atoms with Gasteiger partial charge < -0.3 is 0 Å². The third-order valence-corrected chi connectivity index (χ3v) is 3.89. The van der Waals surface area contributed by atoms with Crippen molar-refractivity contribution in [3.63, 3.8) is 0 Å². The van der Waals surface area contributed by atoms with Gasteiger partial charge in [0.2, 0.25) is 0 Å². The molecule has 1 saturated carbocycles. The van der Waals surface area contributed by atoms with E-state index in [1.807, 2.05) is 0 Å². The quantitative estimate of drug-likeness (QED) is 0.550. The zero-order chi connectivity index (χ0) is 7.97. The molecule has 1 aliphatic carbocycles. The molecule has 2 heterocycles. The van der Waals surface area contributed by atoms with Crippen molar-refractivity contribution in [1.82, 2.24) is 16.0 Å². The van der Waals surface area contributed by atoms with Crippen LogP contribution in [0.5, 0.6) is 0 Å². The maximum absolute atomic E-state index is 3.25. The first-order chi connectivity index (χ1) is 5.95. The monoisotopic (exact) mass is 167 g/mol. The second-order valence-electron chi connectivity index (χ2n) is 4.40. The number of rotatable bonds is 0. The number of hydrogen-bond acceptors (Lipinski definition) is 3. The van der Waals surface area contributed by atoms with Gasteiger partial charge in [0, 0.05) is 19.1 Å². The maximum atomic E-state index is 3.25. The zero-order valence-corrected chi connectivity index (χ0v) is 7.42. The van der Waals surface area contributed by atoms with Gasteiger partial charge in [-0.25, -0.2) is 10.4 Å². The number of nitrogens with one attached hydrogen (secondary N) is 2. The summed E-state index contributed by atoms with van der Waals surface area (Å²) in [4.78, 5) is 0. The number of hydrogen-bond donors (Lipinski definition) is 2. The van der Waals surface area contributed by atoms with E-state index in [1.165, 1.54) is 32.2 Å². The number of fused-ring (bicyclic) bond motifs is 3. The molecule has 0 spiro atoms. The highest BCUT2D eigenvalue weighted by molar-refractivity contribution is 4.94. The largest absolute Gasteiger partial charge is 0.242 e. The Morgan fingerprint density at radius 2 is 2.17 bits per heavy atom. The lowest BCUT2D eigenvalue weighted by Gasteiger charge is -2.37. The maximum Gasteiger partial charge on any atom is 0.0426 e. The summed E-state index contributed by atoms with van der Waals surface area (Å²) in [5, 5.41) is 2.41. The summed E-state index contributed by atoms with van der Waals surface area (Å²) in [6.45, 7) is 2.40. The summed E-state index contributed by atoms with van der Waals surface area (Å²) in [5.41, 5.74) is 6.51. The average Bonchev–Trinajstić information content (AvgIpc) is 2.71. The van der Waals surface area contributed by atoms with E-state index in [-0.39, 0.29) is 0 Å². The molecule has 3 nitrogen and oxygen atoms in total. The predicted molar refractivity (Wildman–Crippen MR) is 47.1 cm³/mol. The van der Waals surface area contributed by atoms with Crippen LogP contribution >= 0.6 is 0 Å². The molecule has 2 saturated heterocycles. The molecular weight excluding hydrogens is 150 g/mol. The molecule has 0 radical (unpaired) electrons. The smallest absolute Gasteiger partial charge is 0.0426 e. The number of nitrogens with zero attached hydrogens (tertiary/aromatic N) is 1. The van der Waals surface area contributed by atoms with Crippen LogP contribution in [0, 0.1) is 11.8 Å². The molecule has 2 aliphatic heterocycles. The lowest BCUT2D eigenvalue weighted by atomic mass is 9.83. The molecule has 0 aromatic heterocycles. The first kappa shape index (κ1) is 7.30. The minimum Gasteiger partial charge on any atom is -0.242 e. The Morgan fingerprint density at radius 3 is 3.17 bits per heavy atom. The van der Waals surface area contributed by atoms with Crippen LogP contribution in [-0.2, 0) is 0 Å².